The van der Waals surface area contributed by atoms with Gasteiger partial charge in [-0.2, -0.15) is 0 Å². The fraction of sp³-hybridized carbons (Fsp3) is 0.188. The van der Waals surface area contributed by atoms with Gasteiger partial charge >= 0.3 is 0 Å². The van der Waals surface area contributed by atoms with Crippen molar-refractivity contribution in [2.24, 2.45) is 0 Å². The largest absolute Gasteiger partial charge is 0.436 e. The molecular formula is C16H14ClN3O3. The zero-order valence-electron chi connectivity index (χ0n) is 12.4. The van der Waals surface area contributed by atoms with Crippen LogP contribution in [0.2, 0.25) is 5.02 Å². The van der Waals surface area contributed by atoms with E-state index in [-0.39, 0.29) is 5.69 Å². The lowest BCUT2D eigenvalue weighted by Gasteiger charge is -2.08. The molecule has 0 spiro atoms. The Balaban J connectivity index is 2.13. The maximum absolute atomic E-state index is 11.0. The fourth-order valence-corrected chi connectivity index (χ4v) is 2.42. The van der Waals surface area contributed by atoms with Crippen LogP contribution < -0.4 is 5.32 Å². The molecule has 0 atom stereocenters. The van der Waals surface area contributed by atoms with Crippen LogP contribution in [0, 0.1) is 10.1 Å². The molecule has 0 aliphatic heterocycles. The first-order chi connectivity index (χ1) is 11.1. The highest BCUT2D eigenvalue weighted by Gasteiger charge is 2.17. The summed E-state index contributed by atoms with van der Waals surface area (Å²) in [6, 6.07) is 9.73. The van der Waals surface area contributed by atoms with E-state index in [9.17, 15) is 10.1 Å². The second kappa shape index (κ2) is 6.26. The zero-order valence-corrected chi connectivity index (χ0v) is 13.1. The van der Waals surface area contributed by atoms with E-state index < -0.39 is 4.92 Å². The van der Waals surface area contributed by atoms with Crippen molar-refractivity contribution in [1.29, 1.82) is 0 Å². The Morgan fingerprint density at radius 1 is 1.30 bits per heavy atom. The summed E-state index contributed by atoms with van der Waals surface area (Å²) >= 11 is 5.96. The molecule has 1 N–H and O–H groups in total. The Kier molecular flexibility index (Phi) is 4.16. The summed E-state index contributed by atoms with van der Waals surface area (Å²) in [5.41, 5.74) is 2.48. The Labute approximate surface area is 137 Å². The van der Waals surface area contributed by atoms with Gasteiger partial charge in [-0.05, 0) is 30.7 Å². The minimum Gasteiger partial charge on any atom is -0.436 e. The molecule has 0 bridgehead atoms. The van der Waals surface area contributed by atoms with Gasteiger partial charge in [0.2, 0.25) is 5.89 Å². The molecule has 1 heterocycles. The lowest BCUT2D eigenvalue weighted by molar-refractivity contribution is -0.384. The summed E-state index contributed by atoms with van der Waals surface area (Å²) in [6.45, 7) is 2.79. The first kappa shape index (κ1) is 15.3. The van der Waals surface area contributed by atoms with E-state index in [1.165, 1.54) is 12.1 Å². The van der Waals surface area contributed by atoms with E-state index in [1.807, 2.05) is 6.92 Å². The predicted molar refractivity (Wildman–Crippen MR) is 89.9 cm³/mol. The third-order valence-electron chi connectivity index (χ3n) is 3.36. The number of nitro groups is 1. The van der Waals surface area contributed by atoms with Gasteiger partial charge in [0.15, 0.2) is 5.58 Å². The number of fused-ring (bicyclic) bond motifs is 1. The van der Waals surface area contributed by atoms with Gasteiger partial charge in [-0.25, -0.2) is 4.98 Å². The molecule has 2 aromatic carbocycles. The van der Waals surface area contributed by atoms with Gasteiger partial charge in [-0.3, -0.25) is 10.1 Å². The van der Waals surface area contributed by atoms with Crippen LogP contribution in [0.1, 0.15) is 13.3 Å². The van der Waals surface area contributed by atoms with Crippen molar-refractivity contribution in [3.8, 4) is 11.5 Å². The SMILES string of the molecule is CCCNc1ccc([N+](=O)[O-])cc1-c1nc2cc(Cl)ccc2o1. The monoisotopic (exact) mass is 331 g/mol. The summed E-state index contributed by atoms with van der Waals surface area (Å²) in [4.78, 5) is 15.0. The van der Waals surface area contributed by atoms with Crippen LogP contribution in [0.25, 0.3) is 22.6 Å². The molecule has 0 aliphatic carbocycles. The maximum Gasteiger partial charge on any atom is 0.270 e. The average molecular weight is 332 g/mol. The number of non-ortho nitro benzene ring substituents is 1. The number of hydrogen-bond donors (Lipinski definition) is 1. The molecule has 7 heteroatoms. The number of rotatable bonds is 5. The summed E-state index contributed by atoms with van der Waals surface area (Å²) in [5.74, 6) is 0.324. The smallest absolute Gasteiger partial charge is 0.270 e. The maximum atomic E-state index is 11.0. The summed E-state index contributed by atoms with van der Waals surface area (Å²) in [7, 11) is 0. The lowest BCUT2D eigenvalue weighted by atomic mass is 10.1. The van der Waals surface area contributed by atoms with E-state index >= 15 is 0 Å². The van der Waals surface area contributed by atoms with Gasteiger partial charge in [0.1, 0.15) is 5.52 Å². The number of nitrogens with zero attached hydrogens (tertiary/aromatic N) is 2. The Hall–Kier alpha value is -2.60. The normalized spacial score (nSPS) is 10.9. The molecule has 3 aromatic rings. The molecule has 1 aromatic heterocycles. The van der Waals surface area contributed by atoms with E-state index in [4.69, 9.17) is 16.0 Å². The standard InChI is InChI=1S/C16H14ClN3O3/c1-2-7-18-13-5-4-11(20(21)22)9-12(13)16-19-14-8-10(17)3-6-15(14)23-16/h3-6,8-9,18H,2,7H2,1H3. The molecule has 23 heavy (non-hydrogen) atoms. The number of oxazole rings is 1. The molecule has 0 aliphatic rings. The third-order valence-corrected chi connectivity index (χ3v) is 3.59. The number of hydrogen-bond acceptors (Lipinski definition) is 5. The molecule has 0 fully saturated rings. The number of nitrogens with one attached hydrogen (secondary N) is 1. The highest BCUT2D eigenvalue weighted by atomic mass is 35.5. The van der Waals surface area contributed by atoms with Gasteiger partial charge in [-0.1, -0.05) is 18.5 Å². The number of anilines is 1. The van der Waals surface area contributed by atoms with Crippen LogP contribution >= 0.6 is 11.6 Å². The van der Waals surface area contributed by atoms with Gasteiger partial charge < -0.3 is 9.73 Å². The van der Waals surface area contributed by atoms with Crippen LogP contribution in [0.15, 0.2) is 40.8 Å². The first-order valence-electron chi connectivity index (χ1n) is 7.17. The molecule has 6 nitrogen and oxygen atoms in total. The molecule has 0 saturated heterocycles. The molecule has 0 amide bonds. The second-order valence-corrected chi connectivity index (χ2v) is 5.48. The zero-order chi connectivity index (χ0) is 16.4. The number of halogens is 1. The van der Waals surface area contributed by atoms with Crippen molar-refractivity contribution < 1.29 is 9.34 Å². The van der Waals surface area contributed by atoms with Crippen LogP contribution in [-0.4, -0.2) is 16.5 Å². The molecule has 0 unspecified atom stereocenters. The molecule has 118 valence electrons. The molecular weight excluding hydrogens is 318 g/mol. The van der Waals surface area contributed by atoms with E-state index in [0.717, 1.165) is 18.7 Å². The number of aromatic nitrogens is 1. The van der Waals surface area contributed by atoms with E-state index in [0.29, 0.717) is 27.6 Å². The predicted octanol–water partition coefficient (Wildman–Crippen LogP) is 4.88. The van der Waals surface area contributed by atoms with Gasteiger partial charge in [0.05, 0.1) is 10.5 Å². The molecule has 3 rings (SSSR count). The highest BCUT2D eigenvalue weighted by molar-refractivity contribution is 6.31. The summed E-state index contributed by atoms with van der Waals surface area (Å²) in [6.07, 6.45) is 0.930. The minimum atomic E-state index is -0.438. The Morgan fingerprint density at radius 2 is 2.13 bits per heavy atom. The lowest BCUT2D eigenvalue weighted by Crippen LogP contribution is -2.02. The molecule has 0 radical (unpaired) electrons. The van der Waals surface area contributed by atoms with Crippen LogP contribution in [0.3, 0.4) is 0 Å². The Morgan fingerprint density at radius 3 is 2.87 bits per heavy atom. The van der Waals surface area contributed by atoms with Gasteiger partial charge in [0, 0.05) is 29.4 Å². The topological polar surface area (TPSA) is 81.2 Å². The number of nitro benzene ring substituents is 1. The third kappa shape index (κ3) is 3.12. The first-order valence-corrected chi connectivity index (χ1v) is 7.55. The Bertz CT molecular complexity index is 876. The van der Waals surface area contributed by atoms with Crippen molar-refractivity contribution in [3.05, 3.63) is 51.5 Å². The van der Waals surface area contributed by atoms with Crippen LogP contribution in [0.4, 0.5) is 11.4 Å². The number of benzene rings is 2. The van der Waals surface area contributed by atoms with E-state index in [1.54, 1.807) is 24.3 Å². The van der Waals surface area contributed by atoms with E-state index in [2.05, 4.69) is 10.3 Å². The highest BCUT2D eigenvalue weighted by Crippen LogP contribution is 2.33. The molecule has 0 saturated carbocycles. The summed E-state index contributed by atoms with van der Waals surface area (Å²) < 4.78 is 5.73. The average Bonchev–Trinajstić information content (AvgIpc) is 2.95. The van der Waals surface area contributed by atoms with Gasteiger partial charge in [-0.15, -0.1) is 0 Å². The minimum absolute atomic E-state index is 0.0117. The fourth-order valence-electron chi connectivity index (χ4n) is 2.25. The summed E-state index contributed by atoms with van der Waals surface area (Å²) in [5, 5.41) is 14.8. The van der Waals surface area contributed by atoms with Crippen molar-refractivity contribution in [3.63, 3.8) is 0 Å². The van der Waals surface area contributed by atoms with Crippen molar-refractivity contribution >= 4 is 34.1 Å². The van der Waals surface area contributed by atoms with Crippen molar-refractivity contribution in [1.82, 2.24) is 4.98 Å². The van der Waals surface area contributed by atoms with Gasteiger partial charge in [0.25, 0.3) is 5.69 Å². The van der Waals surface area contributed by atoms with Crippen LogP contribution in [-0.2, 0) is 0 Å². The van der Waals surface area contributed by atoms with Crippen molar-refractivity contribution in [2.45, 2.75) is 13.3 Å². The van der Waals surface area contributed by atoms with Crippen LogP contribution in [0.5, 0.6) is 0 Å². The quantitative estimate of drug-likeness (QED) is 0.532. The second-order valence-electron chi connectivity index (χ2n) is 5.04. The van der Waals surface area contributed by atoms with Crippen molar-refractivity contribution in [2.75, 3.05) is 11.9 Å².